The summed E-state index contributed by atoms with van der Waals surface area (Å²) in [4.78, 5) is 12.2. The fraction of sp³-hybridized carbons (Fsp3) is 0.438. The number of nitrogens with one attached hydrogen (secondary N) is 1. The molecule has 0 bridgehead atoms. The van der Waals surface area contributed by atoms with Crippen LogP contribution in [0, 0.1) is 5.92 Å². The summed E-state index contributed by atoms with van der Waals surface area (Å²) in [7, 11) is 0. The van der Waals surface area contributed by atoms with Gasteiger partial charge in [0.25, 0.3) is 5.91 Å². The molecule has 0 unspecified atom stereocenters. The summed E-state index contributed by atoms with van der Waals surface area (Å²) < 4.78 is 5.67. The highest BCUT2D eigenvalue weighted by Crippen LogP contribution is 2.18. The monoisotopic (exact) mass is 319 g/mol. The van der Waals surface area contributed by atoms with Crippen molar-refractivity contribution in [3.8, 4) is 5.75 Å². The third-order valence-electron chi connectivity index (χ3n) is 3.05. The van der Waals surface area contributed by atoms with E-state index in [0.29, 0.717) is 29.0 Å². The van der Waals surface area contributed by atoms with E-state index in [2.05, 4.69) is 29.4 Å². The van der Waals surface area contributed by atoms with Gasteiger partial charge in [-0.2, -0.15) is 0 Å². The summed E-state index contributed by atoms with van der Waals surface area (Å²) in [6, 6.07) is 7.18. The molecule has 1 amide bonds. The smallest absolute Gasteiger partial charge is 0.257 e. The number of ether oxygens (including phenoxy) is 1. The van der Waals surface area contributed by atoms with Gasteiger partial charge < -0.3 is 4.74 Å². The van der Waals surface area contributed by atoms with E-state index < -0.39 is 0 Å². The Morgan fingerprint density at radius 1 is 1.36 bits per heavy atom. The molecular weight excluding hydrogens is 298 g/mol. The standard InChI is InChI=1S/C16H21N3O2S/c1-4-14-18-19-16(22-14)17-15(20)12-6-5-7-13(10-12)21-9-8-11(2)3/h5-7,10-11H,4,8-9H2,1-3H3,(H,17,19,20). The first-order valence-corrected chi connectivity index (χ1v) is 8.26. The Hall–Kier alpha value is -1.95. The molecule has 6 heteroatoms. The van der Waals surface area contributed by atoms with Crippen molar-refractivity contribution >= 4 is 22.4 Å². The predicted molar refractivity (Wildman–Crippen MR) is 88.6 cm³/mol. The number of benzene rings is 1. The van der Waals surface area contributed by atoms with E-state index in [9.17, 15) is 4.79 Å². The second-order valence-corrected chi connectivity index (χ2v) is 6.43. The minimum atomic E-state index is -0.201. The largest absolute Gasteiger partial charge is 0.494 e. The Labute approximate surface area is 134 Å². The Morgan fingerprint density at radius 2 is 2.18 bits per heavy atom. The van der Waals surface area contributed by atoms with Crippen LogP contribution in [0.3, 0.4) is 0 Å². The van der Waals surface area contributed by atoms with Gasteiger partial charge in [0.2, 0.25) is 5.13 Å². The predicted octanol–water partition coefficient (Wildman–Crippen LogP) is 3.78. The summed E-state index contributed by atoms with van der Waals surface area (Å²) in [6.07, 6.45) is 1.80. The van der Waals surface area contributed by atoms with Gasteiger partial charge in [0.1, 0.15) is 10.8 Å². The third kappa shape index (κ3) is 4.80. The van der Waals surface area contributed by atoms with Crippen LogP contribution in [0.1, 0.15) is 42.6 Å². The average Bonchev–Trinajstić information content (AvgIpc) is 2.95. The molecule has 1 aromatic carbocycles. The Morgan fingerprint density at radius 3 is 2.86 bits per heavy atom. The number of rotatable bonds is 7. The van der Waals surface area contributed by atoms with Gasteiger partial charge in [-0.3, -0.25) is 10.1 Å². The second kappa shape index (κ2) is 7.89. The summed E-state index contributed by atoms with van der Waals surface area (Å²) in [5.41, 5.74) is 0.551. The van der Waals surface area contributed by atoms with Crippen LogP contribution in [0.4, 0.5) is 5.13 Å². The van der Waals surface area contributed by atoms with Crippen molar-refractivity contribution in [1.29, 1.82) is 0 Å². The van der Waals surface area contributed by atoms with Crippen molar-refractivity contribution in [1.82, 2.24) is 10.2 Å². The quantitative estimate of drug-likeness (QED) is 0.843. The van der Waals surface area contributed by atoms with Gasteiger partial charge in [0, 0.05) is 5.56 Å². The molecule has 0 fully saturated rings. The van der Waals surface area contributed by atoms with E-state index in [1.807, 2.05) is 19.1 Å². The maximum absolute atomic E-state index is 12.2. The van der Waals surface area contributed by atoms with Crippen LogP contribution < -0.4 is 10.1 Å². The van der Waals surface area contributed by atoms with Crippen molar-refractivity contribution in [3.63, 3.8) is 0 Å². The first-order valence-electron chi connectivity index (χ1n) is 7.45. The fourth-order valence-corrected chi connectivity index (χ4v) is 2.43. The lowest BCUT2D eigenvalue weighted by molar-refractivity contribution is 0.102. The third-order valence-corrected chi connectivity index (χ3v) is 4.03. The molecule has 0 atom stereocenters. The zero-order valence-electron chi connectivity index (χ0n) is 13.1. The summed E-state index contributed by atoms with van der Waals surface area (Å²) >= 11 is 1.39. The van der Waals surface area contributed by atoms with E-state index >= 15 is 0 Å². The molecule has 0 aliphatic heterocycles. The van der Waals surface area contributed by atoms with Crippen LogP contribution in [0.25, 0.3) is 0 Å². The van der Waals surface area contributed by atoms with Gasteiger partial charge in [-0.25, -0.2) is 0 Å². The SMILES string of the molecule is CCc1nnc(NC(=O)c2cccc(OCCC(C)C)c2)s1. The van der Waals surface area contributed by atoms with Gasteiger partial charge >= 0.3 is 0 Å². The van der Waals surface area contributed by atoms with Crippen molar-refractivity contribution in [2.24, 2.45) is 5.92 Å². The minimum Gasteiger partial charge on any atom is -0.494 e. The Balaban J connectivity index is 1.97. The number of carbonyl (C=O) groups is 1. The molecular formula is C16H21N3O2S. The topological polar surface area (TPSA) is 64.1 Å². The van der Waals surface area contributed by atoms with Crippen LogP contribution in [-0.4, -0.2) is 22.7 Å². The second-order valence-electron chi connectivity index (χ2n) is 5.37. The van der Waals surface area contributed by atoms with E-state index in [1.54, 1.807) is 12.1 Å². The molecule has 2 aromatic rings. The summed E-state index contributed by atoms with van der Waals surface area (Å²) in [6.45, 7) is 6.96. The highest BCUT2D eigenvalue weighted by molar-refractivity contribution is 7.15. The van der Waals surface area contributed by atoms with Gasteiger partial charge in [-0.1, -0.05) is 38.2 Å². The van der Waals surface area contributed by atoms with Gasteiger partial charge in [-0.15, -0.1) is 10.2 Å². The fourth-order valence-electron chi connectivity index (χ4n) is 1.76. The van der Waals surface area contributed by atoms with Crippen molar-refractivity contribution in [2.45, 2.75) is 33.6 Å². The van der Waals surface area contributed by atoms with Gasteiger partial charge in [-0.05, 0) is 37.0 Å². The summed E-state index contributed by atoms with van der Waals surface area (Å²) in [5.74, 6) is 1.10. The zero-order valence-corrected chi connectivity index (χ0v) is 13.9. The molecule has 1 N–H and O–H groups in total. The number of hydrogen-bond acceptors (Lipinski definition) is 5. The van der Waals surface area contributed by atoms with Crippen molar-refractivity contribution in [2.75, 3.05) is 11.9 Å². The molecule has 0 spiro atoms. The first-order chi connectivity index (χ1) is 10.6. The van der Waals surface area contributed by atoms with Crippen LogP contribution in [0.15, 0.2) is 24.3 Å². The maximum atomic E-state index is 12.2. The maximum Gasteiger partial charge on any atom is 0.257 e. The van der Waals surface area contributed by atoms with Crippen LogP contribution >= 0.6 is 11.3 Å². The lowest BCUT2D eigenvalue weighted by Crippen LogP contribution is -2.12. The number of nitrogens with zero attached hydrogens (tertiary/aromatic N) is 2. The van der Waals surface area contributed by atoms with Crippen molar-refractivity contribution in [3.05, 3.63) is 34.8 Å². The Bertz CT molecular complexity index is 625. The average molecular weight is 319 g/mol. The number of anilines is 1. The van der Waals surface area contributed by atoms with Gasteiger partial charge in [0.15, 0.2) is 0 Å². The molecule has 118 valence electrons. The molecule has 1 aromatic heterocycles. The first kappa shape index (κ1) is 16.4. The molecule has 5 nitrogen and oxygen atoms in total. The number of hydrogen-bond donors (Lipinski definition) is 1. The molecule has 0 aliphatic carbocycles. The van der Waals surface area contributed by atoms with Crippen molar-refractivity contribution < 1.29 is 9.53 Å². The van der Waals surface area contributed by atoms with E-state index in [-0.39, 0.29) is 5.91 Å². The summed E-state index contributed by atoms with van der Waals surface area (Å²) in [5, 5.41) is 12.1. The van der Waals surface area contributed by atoms with Crippen LogP contribution in [0.5, 0.6) is 5.75 Å². The number of aromatic nitrogens is 2. The highest BCUT2D eigenvalue weighted by Gasteiger charge is 2.10. The normalized spacial score (nSPS) is 10.7. The van der Waals surface area contributed by atoms with Gasteiger partial charge in [0.05, 0.1) is 6.61 Å². The highest BCUT2D eigenvalue weighted by atomic mass is 32.1. The molecule has 0 saturated heterocycles. The lowest BCUT2D eigenvalue weighted by Gasteiger charge is -2.09. The molecule has 0 radical (unpaired) electrons. The molecule has 1 heterocycles. The van der Waals surface area contributed by atoms with Crippen LogP contribution in [0.2, 0.25) is 0 Å². The minimum absolute atomic E-state index is 0.201. The molecule has 2 rings (SSSR count). The Kier molecular flexibility index (Phi) is 5.89. The molecule has 22 heavy (non-hydrogen) atoms. The number of carbonyl (C=O) groups excluding carboxylic acids is 1. The van der Waals surface area contributed by atoms with E-state index in [1.165, 1.54) is 11.3 Å². The molecule has 0 aliphatic rings. The van der Waals surface area contributed by atoms with Crippen LogP contribution in [-0.2, 0) is 6.42 Å². The number of aryl methyl sites for hydroxylation is 1. The number of amides is 1. The molecule has 0 saturated carbocycles. The van der Waals surface area contributed by atoms with E-state index in [0.717, 1.165) is 17.8 Å². The zero-order chi connectivity index (χ0) is 15.9. The van der Waals surface area contributed by atoms with E-state index in [4.69, 9.17) is 4.74 Å². The lowest BCUT2D eigenvalue weighted by atomic mass is 10.1.